The first-order chi connectivity index (χ1) is 17.2. The van der Waals surface area contributed by atoms with E-state index in [2.05, 4.69) is 10.6 Å². The number of benzene rings is 2. The lowest BCUT2D eigenvalue weighted by molar-refractivity contribution is -0.121. The Hall–Kier alpha value is -3.22. The molecule has 2 aromatic rings. The van der Waals surface area contributed by atoms with Crippen LogP contribution in [0.3, 0.4) is 0 Å². The first-order valence-electron chi connectivity index (χ1n) is 12.8. The molecule has 2 aromatic carbocycles. The molecule has 0 saturated heterocycles. The monoisotopic (exact) mass is 493 g/mol. The molecule has 1 atom stereocenters. The highest BCUT2D eigenvalue weighted by molar-refractivity contribution is 6.01. The van der Waals surface area contributed by atoms with Crippen LogP contribution in [0.5, 0.6) is 0 Å². The Morgan fingerprint density at radius 3 is 2.47 bits per heavy atom. The van der Waals surface area contributed by atoms with Crippen molar-refractivity contribution in [2.45, 2.75) is 70.9 Å². The van der Waals surface area contributed by atoms with Gasteiger partial charge in [0.1, 0.15) is 11.6 Å². The highest BCUT2D eigenvalue weighted by Crippen LogP contribution is 2.48. The molecule has 1 saturated carbocycles. The van der Waals surface area contributed by atoms with Gasteiger partial charge in [0.25, 0.3) is 0 Å². The fourth-order valence-electron chi connectivity index (χ4n) is 5.98. The molecule has 0 bridgehead atoms. The number of ketones is 1. The van der Waals surface area contributed by atoms with Crippen LogP contribution in [0.1, 0.15) is 70.4 Å². The summed E-state index contributed by atoms with van der Waals surface area (Å²) in [7, 11) is 0. The van der Waals surface area contributed by atoms with Crippen LogP contribution in [0, 0.1) is 17.0 Å². The summed E-state index contributed by atoms with van der Waals surface area (Å²) in [6, 6.07) is 10.2. The maximum atomic E-state index is 14.5. The predicted molar refractivity (Wildman–Crippen MR) is 137 cm³/mol. The molecule has 1 amide bonds. The number of halogens is 2. The molecular formula is C29H33F2N3O2. The van der Waals surface area contributed by atoms with E-state index < -0.39 is 17.7 Å². The van der Waals surface area contributed by atoms with Gasteiger partial charge in [-0.2, -0.15) is 0 Å². The number of allylic oxidation sites excluding steroid dienone is 1. The molecule has 5 nitrogen and oxygen atoms in total. The number of fused-ring (bicyclic) bond motifs is 1. The average molecular weight is 494 g/mol. The van der Waals surface area contributed by atoms with E-state index in [1.165, 1.54) is 18.6 Å². The minimum atomic E-state index is -0.804. The van der Waals surface area contributed by atoms with E-state index in [0.29, 0.717) is 29.7 Å². The Labute approximate surface area is 210 Å². The summed E-state index contributed by atoms with van der Waals surface area (Å²) in [4.78, 5) is 28.8. The van der Waals surface area contributed by atoms with Gasteiger partial charge in [-0.05, 0) is 54.5 Å². The lowest BCUT2D eigenvalue weighted by atomic mass is 9.73. The van der Waals surface area contributed by atoms with Crippen molar-refractivity contribution in [1.82, 2.24) is 5.32 Å². The summed E-state index contributed by atoms with van der Waals surface area (Å²) in [6.45, 7) is 4.05. The normalized spacial score (nSPS) is 21.8. The summed E-state index contributed by atoms with van der Waals surface area (Å²) in [5.41, 5.74) is 2.75. The zero-order valence-corrected chi connectivity index (χ0v) is 20.9. The van der Waals surface area contributed by atoms with Gasteiger partial charge in [0, 0.05) is 29.8 Å². The van der Waals surface area contributed by atoms with Crippen LogP contribution >= 0.6 is 0 Å². The van der Waals surface area contributed by atoms with Crippen molar-refractivity contribution in [2.75, 3.05) is 16.8 Å². The van der Waals surface area contributed by atoms with Crippen LogP contribution in [0.2, 0.25) is 0 Å². The molecule has 0 aromatic heterocycles. The molecule has 36 heavy (non-hydrogen) atoms. The Morgan fingerprint density at radius 1 is 1.06 bits per heavy atom. The SMILES string of the molecule is CC1(C)CC(=O)C2=C(C1)Nc1ccccc1N(CC(=O)NC1CCCCC1)C2c1cc(F)cc(F)c1. The van der Waals surface area contributed by atoms with Gasteiger partial charge in [0.05, 0.1) is 24.0 Å². The third-order valence-corrected chi connectivity index (χ3v) is 7.49. The first kappa shape index (κ1) is 24.5. The molecule has 3 aliphatic rings. The molecule has 1 heterocycles. The minimum absolute atomic E-state index is 0.0363. The number of amides is 1. The first-order valence-corrected chi connectivity index (χ1v) is 12.8. The standard InChI is InChI=1S/C29H33F2N3O2/c1-29(2)15-23-27(25(35)16-29)28(18-12-19(30)14-20(31)13-18)34(24-11-7-6-10-22(24)33-23)17-26(36)32-21-8-4-3-5-9-21/h6-7,10-14,21,28,33H,3-5,8-9,15-17H2,1-2H3,(H,32,36). The number of carbonyl (C=O) groups excluding carboxylic acids is 2. The molecule has 0 spiro atoms. The topological polar surface area (TPSA) is 61.4 Å². The van der Waals surface area contributed by atoms with E-state index in [4.69, 9.17) is 0 Å². The van der Waals surface area contributed by atoms with Gasteiger partial charge in [-0.3, -0.25) is 9.59 Å². The van der Waals surface area contributed by atoms with Gasteiger partial charge in [0.2, 0.25) is 5.91 Å². The minimum Gasteiger partial charge on any atom is -0.357 e. The number of nitrogens with one attached hydrogen (secondary N) is 2. The largest absolute Gasteiger partial charge is 0.357 e. The van der Waals surface area contributed by atoms with Crippen molar-refractivity contribution in [2.24, 2.45) is 5.41 Å². The Bertz CT molecular complexity index is 1200. The van der Waals surface area contributed by atoms with Crippen LogP contribution in [-0.2, 0) is 9.59 Å². The third kappa shape index (κ3) is 5.01. The number of hydrogen-bond acceptors (Lipinski definition) is 4. The van der Waals surface area contributed by atoms with Crippen LogP contribution < -0.4 is 15.5 Å². The number of carbonyl (C=O) groups is 2. The molecule has 1 fully saturated rings. The molecule has 2 aliphatic carbocycles. The Morgan fingerprint density at radius 2 is 1.75 bits per heavy atom. The molecule has 1 aliphatic heterocycles. The molecule has 2 N–H and O–H groups in total. The fourth-order valence-corrected chi connectivity index (χ4v) is 5.98. The van der Waals surface area contributed by atoms with Crippen molar-refractivity contribution in [3.63, 3.8) is 0 Å². The van der Waals surface area contributed by atoms with Crippen molar-refractivity contribution in [3.05, 3.63) is 70.9 Å². The molecule has 5 rings (SSSR count). The summed E-state index contributed by atoms with van der Waals surface area (Å²) < 4.78 is 28.9. The van der Waals surface area contributed by atoms with Crippen LogP contribution in [0.15, 0.2) is 53.7 Å². The highest BCUT2D eigenvalue weighted by atomic mass is 19.1. The number of anilines is 2. The van der Waals surface area contributed by atoms with Crippen molar-refractivity contribution >= 4 is 23.1 Å². The van der Waals surface area contributed by atoms with Crippen molar-refractivity contribution in [3.8, 4) is 0 Å². The molecule has 190 valence electrons. The summed E-state index contributed by atoms with van der Waals surface area (Å²) in [6.07, 6.45) is 6.19. The van der Waals surface area contributed by atoms with E-state index in [0.717, 1.165) is 43.1 Å². The second-order valence-corrected chi connectivity index (χ2v) is 11.1. The van der Waals surface area contributed by atoms with Gasteiger partial charge >= 0.3 is 0 Å². The maximum absolute atomic E-state index is 14.5. The quantitative estimate of drug-likeness (QED) is 0.546. The number of rotatable bonds is 4. The van der Waals surface area contributed by atoms with Crippen LogP contribution in [-0.4, -0.2) is 24.3 Å². The lowest BCUT2D eigenvalue weighted by Gasteiger charge is -2.38. The second-order valence-electron chi connectivity index (χ2n) is 11.1. The molecule has 0 radical (unpaired) electrons. The van der Waals surface area contributed by atoms with Gasteiger partial charge in [-0.15, -0.1) is 0 Å². The van der Waals surface area contributed by atoms with E-state index in [1.54, 1.807) is 0 Å². The highest BCUT2D eigenvalue weighted by Gasteiger charge is 2.42. The number of nitrogens with zero attached hydrogens (tertiary/aromatic N) is 1. The average Bonchev–Trinajstić information content (AvgIpc) is 2.93. The number of hydrogen-bond donors (Lipinski definition) is 2. The van der Waals surface area contributed by atoms with E-state index in [1.807, 2.05) is 43.0 Å². The Kier molecular flexibility index (Phi) is 6.58. The van der Waals surface area contributed by atoms with Crippen molar-refractivity contribution < 1.29 is 18.4 Å². The van der Waals surface area contributed by atoms with Crippen molar-refractivity contribution in [1.29, 1.82) is 0 Å². The van der Waals surface area contributed by atoms with E-state index in [-0.39, 0.29) is 29.7 Å². The van der Waals surface area contributed by atoms with Gasteiger partial charge in [-0.25, -0.2) is 8.78 Å². The maximum Gasteiger partial charge on any atom is 0.239 e. The van der Waals surface area contributed by atoms with Gasteiger partial charge < -0.3 is 15.5 Å². The summed E-state index contributed by atoms with van der Waals surface area (Å²) in [5, 5.41) is 6.62. The zero-order valence-electron chi connectivity index (χ0n) is 20.9. The fraction of sp³-hybridized carbons (Fsp3) is 0.448. The summed E-state index contributed by atoms with van der Waals surface area (Å²) >= 11 is 0. The zero-order chi connectivity index (χ0) is 25.4. The smallest absolute Gasteiger partial charge is 0.239 e. The third-order valence-electron chi connectivity index (χ3n) is 7.49. The number of Topliss-reactive ketones (excluding diaryl/α,β-unsaturated/α-hetero) is 1. The van der Waals surface area contributed by atoms with Gasteiger partial charge in [-0.1, -0.05) is 45.2 Å². The number of para-hydroxylation sites is 2. The predicted octanol–water partition coefficient (Wildman–Crippen LogP) is 6.03. The summed E-state index contributed by atoms with van der Waals surface area (Å²) in [5.74, 6) is -1.67. The second kappa shape index (κ2) is 9.68. The molecular weight excluding hydrogens is 460 g/mol. The van der Waals surface area contributed by atoms with E-state index in [9.17, 15) is 18.4 Å². The van der Waals surface area contributed by atoms with Crippen LogP contribution in [0.4, 0.5) is 20.2 Å². The molecule has 7 heteroatoms. The van der Waals surface area contributed by atoms with Gasteiger partial charge in [0.15, 0.2) is 5.78 Å². The Balaban J connectivity index is 1.63. The lowest BCUT2D eigenvalue weighted by Crippen LogP contribution is -2.45. The van der Waals surface area contributed by atoms with E-state index >= 15 is 0 Å². The van der Waals surface area contributed by atoms with Crippen LogP contribution in [0.25, 0.3) is 0 Å². The molecule has 1 unspecified atom stereocenters.